The van der Waals surface area contributed by atoms with Crippen LogP contribution >= 0.6 is 27.5 Å². The number of aryl methyl sites for hydroxylation is 1. The van der Waals surface area contributed by atoms with Crippen LogP contribution in [0.25, 0.3) is 0 Å². The molecule has 0 spiro atoms. The number of anilines is 1. The van der Waals surface area contributed by atoms with Crippen molar-refractivity contribution in [3.63, 3.8) is 0 Å². The number of hydrogen-bond acceptors (Lipinski definition) is 3. The summed E-state index contributed by atoms with van der Waals surface area (Å²) >= 11 is 9.36. The number of amides is 1. The topological polar surface area (TPSA) is 47.6 Å². The largest absolute Gasteiger partial charge is 0.382 e. The molecule has 0 fully saturated rings. The maximum absolute atomic E-state index is 11.6. The van der Waals surface area contributed by atoms with E-state index in [1.807, 2.05) is 13.0 Å². The monoisotopic (exact) mass is 335 g/mol. The molecular weight excluding hydrogens is 321 g/mol. The SMILES string of the molecule is COCCOCC(=O)Nc1cc(Cl)c(C)cc1Br. The first-order valence-electron chi connectivity index (χ1n) is 5.36. The Morgan fingerprint density at radius 1 is 1.44 bits per heavy atom. The molecule has 100 valence electrons. The highest BCUT2D eigenvalue weighted by molar-refractivity contribution is 9.10. The molecule has 0 radical (unpaired) electrons. The van der Waals surface area contributed by atoms with Gasteiger partial charge in [-0.15, -0.1) is 0 Å². The van der Waals surface area contributed by atoms with E-state index in [-0.39, 0.29) is 12.5 Å². The Kier molecular flexibility index (Phi) is 6.63. The molecule has 1 amide bonds. The van der Waals surface area contributed by atoms with E-state index >= 15 is 0 Å². The molecule has 0 aliphatic heterocycles. The van der Waals surface area contributed by atoms with Crippen LogP contribution in [-0.4, -0.2) is 32.8 Å². The molecule has 0 atom stereocenters. The summed E-state index contributed by atoms with van der Waals surface area (Å²) in [4.78, 5) is 11.6. The number of carbonyl (C=O) groups is 1. The first kappa shape index (κ1) is 15.4. The highest BCUT2D eigenvalue weighted by atomic mass is 79.9. The number of hydrogen-bond donors (Lipinski definition) is 1. The van der Waals surface area contributed by atoms with Gasteiger partial charge in [0.05, 0.1) is 18.9 Å². The fourth-order valence-electron chi connectivity index (χ4n) is 1.24. The number of halogens is 2. The van der Waals surface area contributed by atoms with Crippen molar-refractivity contribution in [2.75, 3.05) is 32.2 Å². The first-order chi connectivity index (χ1) is 8.54. The van der Waals surface area contributed by atoms with Gasteiger partial charge in [0.1, 0.15) is 6.61 Å². The Hall–Kier alpha value is -0.620. The summed E-state index contributed by atoms with van der Waals surface area (Å²) in [5.41, 5.74) is 1.57. The van der Waals surface area contributed by atoms with E-state index in [9.17, 15) is 4.79 Å². The molecular formula is C12H15BrClNO3. The van der Waals surface area contributed by atoms with E-state index in [2.05, 4.69) is 21.2 Å². The number of methoxy groups -OCH3 is 1. The molecule has 1 rings (SSSR count). The fourth-order valence-corrected chi connectivity index (χ4v) is 1.96. The quantitative estimate of drug-likeness (QED) is 0.812. The van der Waals surface area contributed by atoms with Gasteiger partial charge in [-0.3, -0.25) is 4.79 Å². The highest BCUT2D eigenvalue weighted by Crippen LogP contribution is 2.29. The van der Waals surface area contributed by atoms with E-state index in [1.165, 1.54) is 0 Å². The number of benzene rings is 1. The lowest BCUT2D eigenvalue weighted by Crippen LogP contribution is -2.19. The zero-order chi connectivity index (χ0) is 13.5. The summed E-state index contributed by atoms with van der Waals surface area (Å²) in [6, 6.07) is 3.55. The van der Waals surface area contributed by atoms with Gasteiger partial charge in [-0.25, -0.2) is 0 Å². The van der Waals surface area contributed by atoms with Crippen LogP contribution in [0.1, 0.15) is 5.56 Å². The molecule has 0 saturated carbocycles. The summed E-state index contributed by atoms with van der Waals surface area (Å²) < 4.78 is 10.7. The van der Waals surface area contributed by atoms with E-state index in [4.69, 9.17) is 21.1 Å². The molecule has 0 saturated heterocycles. The fraction of sp³-hybridized carbons (Fsp3) is 0.417. The minimum Gasteiger partial charge on any atom is -0.382 e. The number of carbonyl (C=O) groups excluding carboxylic acids is 1. The number of nitrogens with one attached hydrogen (secondary N) is 1. The predicted octanol–water partition coefficient (Wildman–Crippen LogP) is 3.01. The van der Waals surface area contributed by atoms with Gasteiger partial charge in [0.25, 0.3) is 0 Å². The van der Waals surface area contributed by atoms with Crippen molar-refractivity contribution in [2.45, 2.75) is 6.92 Å². The normalized spacial score (nSPS) is 10.4. The third-order valence-electron chi connectivity index (χ3n) is 2.19. The van der Waals surface area contributed by atoms with E-state index in [0.717, 1.165) is 10.0 Å². The van der Waals surface area contributed by atoms with Crippen molar-refractivity contribution in [3.05, 3.63) is 27.2 Å². The van der Waals surface area contributed by atoms with Gasteiger partial charge in [0, 0.05) is 16.6 Å². The zero-order valence-corrected chi connectivity index (χ0v) is 12.6. The maximum atomic E-state index is 11.6. The second-order valence-electron chi connectivity index (χ2n) is 3.67. The average molecular weight is 337 g/mol. The lowest BCUT2D eigenvalue weighted by atomic mass is 10.2. The molecule has 0 aliphatic rings. The molecule has 0 aliphatic carbocycles. The smallest absolute Gasteiger partial charge is 0.250 e. The molecule has 18 heavy (non-hydrogen) atoms. The van der Waals surface area contributed by atoms with Crippen LogP contribution in [-0.2, 0) is 14.3 Å². The summed E-state index contributed by atoms with van der Waals surface area (Å²) in [5, 5.41) is 3.32. The molecule has 0 heterocycles. The standard InChI is InChI=1S/C12H15BrClNO3/c1-8-5-9(13)11(6-10(8)14)15-12(16)7-18-4-3-17-2/h5-6H,3-4,7H2,1-2H3,(H,15,16). The molecule has 1 aromatic carbocycles. The lowest BCUT2D eigenvalue weighted by molar-refractivity contribution is -0.121. The minimum absolute atomic E-state index is 0.0126. The Labute approximate surface area is 120 Å². The summed E-state index contributed by atoms with van der Waals surface area (Å²) in [6.07, 6.45) is 0. The van der Waals surface area contributed by atoms with Crippen molar-refractivity contribution in [1.82, 2.24) is 0 Å². The number of ether oxygens (including phenoxy) is 2. The Bertz CT molecular complexity index is 426. The van der Waals surface area contributed by atoms with Crippen LogP contribution in [0.15, 0.2) is 16.6 Å². The average Bonchev–Trinajstić information content (AvgIpc) is 2.32. The van der Waals surface area contributed by atoms with Gasteiger partial charge in [-0.2, -0.15) is 0 Å². The third-order valence-corrected chi connectivity index (χ3v) is 3.25. The van der Waals surface area contributed by atoms with Gasteiger partial charge >= 0.3 is 0 Å². The van der Waals surface area contributed by atoms with Crippen LogP contribution in [0.4, 0.5) is 5.69 Å². The highest BCUT2D eigenvalue weighted by Gasteiger charge is 2.08. The van der Waals surface area contributed by atoms with Crippen molar-refractivity contribution in [2.24, 2.45) is 0 Å². The maximum Gasteiger partial charge on any atom is 0.250 e. The summed E-state index contributed by atoms with van der Waals surface area (Å²) in [6.45, 7) is 2.74. The minimum atomic E-state index is -0.230. The van der Waals surface area contributed by atoms with Crippen molar-refractivity contribution in [1.29, 1.82) is 0 Å². The molecule has 1 N–H and O–H groups in total. The Balaban J connectivity index is 2.51. The second-order valence-corrected chi connectivity index (χ2v) is 4.94. The molecule has 4 nitrogen and oxygen atoms in total. The van der Waals surface area contributed by atoms with E-state index < -0.39 is 0 Å². The van der Waals surface area contributed by atoms with Crippen LogP contribution in [0.5, 0.6) is 0 Å². The molecule has 0 aromatic heterocycles. The molecule has 1 aromatic rings. The lowest BCUT2D eigenvalue weighted by Gasteiger charge is -2.09. The van der Waals surface area contributed by atoms with Crippen LogP contribution in [0.3, 0.4) is 0 Å². The van der Waals surface area contributed by atoms with Crippen LogP contribution in [0, 0.1) is 6.92 Å². The molecule has 6 heteroatoms. The molecule has 0 unspecified atom stereocenters. The predicted molar refractivity (Wildman–Crippen MR) is 75.2 cm³/mol. The van der Waals surface area contributed by atoms with Crippen molar-refractivity contribution >= 4 is 39.1 Å². The van der Waals surface area contributed by atoms with Gasteiger partial charge in [0.15, 0.2) is 0 Å². The van der Waals surface area contributed by atoms with Crippen LogP contribution in [0.2, 0.25) is 5.02 Å². The zero-order valence-electron chi connectivity index (χ0n) is 10.3. The second kappa shape index (κ2) is 7.74. The van der Waals surface area contributed by atoms with Gasteiger partial charge in [0.2, 0.25) is 5.91 Å². The van der Waals surface area contributed by atoms with Gasteiger partial charge in [-0.1, -0.05) is 11.6 Å². The van der Waals surface area contributed by atoms with Crippen molar-refractivity contribution in [3.8, 4) is 0 Å². The van der Waals surface area contributed by atoms with E-state index in [1.54, 1.807) is 13.2 Å². The van der Waals surface area contributed by atoms with Gasteiger partial charge in [-0.05, 0) is 40.5 Å². The Morgan fingerprint density at radius 2 is 2.17 bits per heavy atom. The summed E-state index contributed by atoms with van der Waals surface area (Å²) in [7, 11) is 1.58. The van der Waals surface area contributed by atoms with Crippen LogP contribution < -0.4 is 5.32 Å². The summed E-state index contributed by atoms with van der Waals surface area (Å²) in [5.74, 6) is -0.230. The first-order valence-corrected chi connectivity index (χ1v) is 6.54. The third kappa shape index (κ3) is 4.94. The van der Waals surface area contributed by atoms with Crippen molar-refractivity contribution < 1.29 is 14.3 Å². The number of rotatable bonds is 6. The van der Waals surface area contributed by atoms with E-state index in [0.29, 0.717) is 23.9 Å². The molecule has 0 bridgehead atoms. The Morgan fingerprint density at radius 3 is 2.83 bits per heavy atom. The van der Waals surface area contributed by atoms with Gasteiger partial charge < -0.3 is 14.8 Å².